The lowest BCUT2D eigenvalue weighted by Crippen LogP contribution is -2.40. The van der Waals surface area contributed by atoms with Gasteiger partial charge >= 0.3 is 6.18 Å². The number of hydrogen-bond acceptors (Lipinski definition) is 3. The van der Waals surface area contributed by atoms with Crippen LogP contribution in [-0.4, -0.2) is 43.6 Å². The fourth-order valence-electron chi connectivity index (χ4n) is 2.94. The molecular weight excluding hydrogens is 323 g/mol. The molecule has 1 atom stereocenters. The Morgan fingerprint density at radius 2 is 2.25 bits per heavy atom. The molecule has 1 aliphatic rings. The standard InChI is InChI=1S/C15H18F3N5O/c1-22-6-4-11(21-22)7-13(24)23-5-2-3-10(9-23)14-19-8-12(20-14)15(16,17)18/h4,6,8,10H,2-3,5,7,9H2,1H3,(H,19,20)/t10-/m0/s1. The summed E-state index contributed by atoms with van der Waals surface area (Å²) in [5.41, 5.74) is -0.170. The van der Waals surface area contributed by atoms with Crippen molar-refractivity contribution in [2.24, 2.45) is 7.05 Å². The predicted octanol–water partition coefficient (Wildman–Crippen LogP) is 2.11. The van der Waals surface area contributed by atoms with E-state index in [-0.39, 0.29) is 24.1 Å². The van der Waals surface area contributed by atoms with Gasteiger partial charge in [-0.3, -0.25) is 9.48 Å². The third-order valence-electron chi connectivity index (χ3n) is 4.16. The number of carbonyl (C=O) groups is 1. The number of H-pyrrole nitrogens is 1. The average Bonchev–Trinajstić information content (AvgIpc) is 3.16. The summed E-state index contributed by atoms with van der Waals surface area (Å²) in [4.78, 5) is 20.3. The van der Waals surface area contributed by atoms with Crippen molar-refractivity contribution in [1.29, 1.82) is 0 Å². The van der Waals surface area contributed by atoms with Gasteiger partial charge in [0.25, 0.3) is 0 Å². The lowest BCUT2D eigenvalue weighted by molar-refractivity contribution is -0.141. The number of rotatable bonds is 3. The van der Waals surface area contributed by atoms with Gasteiger partial charge in [-0.1, -0.05) is 0 Å². The predicted molar refractivity (Wildman–Crippen MR) is 79.1 cm³/mol. The van der Waals surface area contributed by atoms with Crippen molar-refractivity contribution in [3.63, 3.8) is 0 Å². The summed E-state index contributed by atoms with van der Waals surface area (Å²) < 4.78 is 39.6. The summed E-state index contributed by atoms with van der Waals surface area (Å²) in [6, 6.07) is 1.78. The van der Waals surface area contributed by atoms with E-state index in [1.54, 1.807) is 28.9 Å². The maximum atomic E-state index is 12.7. The highest BCUT2D eigenvalue weighted by molar-refractivity contribution is 5.78. The van der Waals surface area contributed by atoms with Crippen LogP contribution in [-0.2, 0) is 24.4 Å². The largest absolute Gasteiger partial charge is 0.432 e. The van der Waals surface area contributed by atoms with Gasteiger partial charge in [0.2, 0.25) is 5.91 Å². The Morgan fingerprint density at radius 3 is 2.88 bits per heavy atom. The van der Waals surface area contributed by atoms with E-state index in [9.17, 15) is 18.0 Å². The first-order chi connectivity index (χ1) is 11.3. The smallest absolute Gasteiger partial charge is 0.342 e. The number of imidazole rings is 1. The maximum absolute atomic E-state index is 12.7. The minimum Gasteiger partial charge on any atom is -0.342 e. The van der Waals surface area contributed by atoms with Crippen molar-refractivity contribution >= 4 is 5.91 Å². The summed E-state index contributed by atoms with van der Waals surface area (Å²) in [5, 5.41) is 4.18. The number of aromatic amines is 1. The molecule has 3 heterocycles. The van der Waals surface area contributed by atoms with E-state index < -0.39 is 11.9 Å². The molecule has 3 rings (SSSR count). The number of amides is 1. The number of carbonyl (C=O) groups excluding carboxylic acids is 1. The fraction of sp³-hybridized carbons (Fsp3) is 0.533. The number of hydrogen-bond donors (Lipinski definition) is 1. The number of nitrogens with zero attached hydrogens (tertiary/aromatic N) is 4. The lowest BCUT2D eigenvalue weighted by Gasteiger charge is -2.31. The fourth-order valence-corrected chi connectivity index (χ4v) is 2.94. The second-order valence-corrected chi connectivity index (χ2v) is 6.02. The normalized spacial score (nSPS) is 18.8. The van der Waals surface area contributed by atoms with Crippen LogP contribution in [0.1, 0.15) is 36.0 Å². The van der Waals surface area contributed by atoms with Crippen LogP contribution in [0.15, 0.2) is 18.5 Å². The number of piperidine rings is 1. The first-order valence-corrected chi connectivity index (χ1v) is 7.71. The quantitative estimate of drug-likeness (QED) is 0.930. The molecule has 9 heteroatoms. The average molecular weight is 341 g/mol. The molecule has 1 saturated heterocycles. The molecule has 0 aromatic carbocycles. The summed E-state index contributed by atoms with van der Waals surface area (Å²) in [7, 11) is 1.78. The molecule has 1 amide bonds. The first kappa shape index (κ1) is 16.5. The number of aryl methyl sites for hydroxylation is 1. The van der Waals surface area contributed by atoms with Crippen molar-refractivity contribution in [2.75, 3.05) is 13.1 Å². The van der Waals surface area contributed by atoms with E-state index >= 15 is 0 Å². The molecule has 0 aliphatic carbocycles. The van der Waals surface area contributed by atoms with E-state index in [4.69, 9.17) is 0 Å². The number of nitrogens with one attached hydrogen (secondary N) is 1. The van der Waals surface area contributed by atoms with Crippen LogP contribution in [0.3, 0.4) is 0 Å². The molecule has 0 spiro atoms. The van der Waals surface area contributed by atoms with Crippen LogP contribution in [0.25, 0.3) is 0 Å². The number of aromatic nitrogens is 4. The Kier molecular flexibility index (Phi) is 4.33. The monoisotopic (exact) mass is 341 g/mol. The summed E-state index contributed by atoms with van der Waals surface area (Å²) in [5.74, 6) is 0.0150. The van der Waals surface area contributed by atoms with Crippen molar-refractivity contribution in [2.45, 2.75) is 31.4 Å². The molecule has 2 aromatic rings. The molecule has 6 nitrogen and oxygen atoms in total. The van der Waals surface area contributed by atoms with Gasteiger partial charge in [0.1, 0.15) is 11.5 Å². The van der Waals surface area contributed by atoms with E-state index in [2.05, 4.69) is 15.1 Å². The first-order valence-electron chi connectivity index (χ1n) is 7.71. The van der Waals surface area contributed by atoms with E-state index in [0.717, 1.165) is 12.6 Å². The van der Waals surface area contributed by atoms with Crippen LogP contribution in [0, 0.1) is 0 Å². The molecule has 0 unspecified atom stereocenters. The van der Waals surface area contributed by atoms with Gasteiger partial charge < -0.3 is 9.88 Å². The summed E-state index contributed by atoms with van der Waals surface area (Å²) in [6.07, 6.45) is -0.222. The summed E-state index contributed by atoms with van der Waals surface area (Å²) >= 11 is 0. The van der Waals surface area contributed by atoms with E-state index in [1.807, 2.05) is 0 Å². The van der Waals surface area contributed by atoms with Crippen LogP contribution >= 0.6 is 0 Å². The highest BCUT2D eigenvalue weighted by Gasteiger charge is 2.34. The third-order valence-corrected chi connectivity index (χ3v) is 4.16. The topological polar surface area (TPSA) is 66.8 Å². The number of halogens is 3. The third kappa shape index (κ3) is 3.60. The molecule has 1 N–H and O–H groups in total. The highest BCUT2D eigenvalue weighted by Crippen LogP contribution is 2.31. The van der Waals surface area contributed by atoms with Crippen molar-refractivity contribution in [1.82, 2.24) is 24.6 Å². The molecule has 2 aromatic heterocycles. The van der Waals surface area contributed by atoms with Gasteiger partial charge in [0.15, 0.2) is 0 Å². The second-order valence-electron chi connectivity index (χ2n) is 6.02. The van der Waals surface area contributed by atoms with Crippen LogP contribution in [0.2, 0.25) is 0 Å². The number of likely N-dealkylation sites (tertiary alicyclic amines) is 1. The molecule has 130 valence electrons. The van der Waals surface area contributed by atoms with Gasteiger partial charge in [0, 0.05) is 32.3 Å². The minimum atomic E-state index is -4.44. The highest BCUT2D eigenvalue weighted by atomic mass is 19.4. The molecule has 24 heavy (non-hydrogen) atoms. The molecule has 0 bridgehead atoms. The zero-order valence-electron chi connectivity index (χ0n) is 13.2. The Hall–Kier alpha value is -2.32. The maximum Gasteiger partial charge on any atom is 0.432 e. The Balaban J connectivity index is 1.65. The lowest BCUT2D eigenvalue weighted by atomic mass is 9.97. The van der Waals surface area contributed by atoms with Crippen LogP contribution in [0.5, 0.6) is 0 Å². The van der Waals surface area contributed by atoms with E-state index in [1.165, 1.54) is 0 Å². The zero-order valence-corrected chi connectivity index (χ0v) is 13.2. The second kappa shape index (κ2) is 6.29. The van der Waals surface area contributed by atoms with Gasteiger partial charge in [0.05, 0.1) is 18.3 Å². The van der Waals surface area contributed by atoms with E-state index in [0.29, 0.717) is 25.2 Å². The van der Waals surface area contributed by atoms with Gasteiger partial charge in [-0.25, -0.2) is 4.98 Å². The molecule has 0 saturated carbocycles. The van der Waals surface area contributed by atoms with Gasteiger partial charge in [-0.2, -0.15) is 18.3 Å². The van der Waals surface area contributed by atoms with Crippen LogP contribution in [0.4, 0.5) is 13.2 Å². The molecule has 0 radical (unpaired) electrons. The van der Waals surface area contributed by atoms with Crippen molar-refractivity contribution in [3.8, 4) is 0 Å². The summed E-state index contributed by atoms with van der Waals surface area (Å²) in [6.45, 7) is 0.978. The van der Waals surface area contributed by atoms with Crippen molar-refractivity contribution in [3.05, 3.63) is 35.7 Å². The van der Waals surface area contributed by atoms with Crippen LogP contribution < -0.4 is 0 Å². The van der Waals surface area contributed by atoms with Crippen molar-refractivity contribution < 1.29 is 18.0 Å². The Labute approximate surface area is 136 Å². The zero-order chi connectivity index (χ0) is 17.3. The van der Waals surface area contributed by atoms with Gasteiger partial charge in [-0.05, 0) is 18.9 Å². The Morgan fingerprint density at radius 1 is 1.46 bits per heavy atom. The molecule has 1 aliphatic heterocycles. The number of alkyl halides is 3. The SMILES string of the molecule is Cn1ccc(CC(=O)N2CCC[C@H](c3ncc(C(F)(F)F)[nH]3)C2)n1. The molecular formula is C15H18F3N5O. The van der Waals surface area contributed by atoms with Gasteiger partial charge in [-0.15, -0.1) is 0 Å². The molecule has 1 fully saturated rings. The minimum absolute atomic E-state index is 0.0685. The Bertz CT molecular complexity index is 721.